The normalized spacial score (nSPS) is 18.0. The lowest BCUT2D eigenvalue weighted by atomic mass is 10.1. The fraction of sp³-hybridized carbons (Fsp3) is 0.474. The summed E-state index contributed by atoms with van der Waals surface area (Å²) < 4.78 is 38.0. The Morgan fingerprint density at radius 2 is 2.04 bits per heavy atom. The highest BCUT2D eigenvalue weighted by Gasteiger charge is 2.30. The third kappa shape index (κ3) is 4.68. The molecular formula is C19H22F3N3OS. The summed E-state index contributed by atoms with van der Waals surface area (Å²) in [5.41, 5.74) is 0.461. The quantitative estimate of drug-likeness (QED) is 0.816. The number of thiazole rings is 1. The lowest BCUT2D eigenvalue weighted by Gasteiger charge is -2.19. The van der Waals surface area contributed by atoms with Gasteiger partial charge in [0, 0.05) is 18.2 Å². The average molecular weight is 397 g/mol. The molecule has 1 aliphatic rings. The van der Waals surface area contributed by atoms with Crippen LogP contribution >= 0.6 is 11.3 Å². The van der Waals surface area contributed by atoms with E-state index in [1.54, 1.807) is 6.92 Å². The second-order valence-electron chi connectivity index (χ2n) is 6.83. The van der Waals surface area contributed by atoms with Gasteiger partial charge >= 0.3 is 6.18 Å². The molecule has 0 spiro atoms. The van der Waals surface area contributed by atoms with Crippen LogP contribution in [0.1, 0.15) is 40.2 Å². The van der Waals surface area contributed by atoms with E-state index < -0.39 is 11.7 Å². The van der Waals surface area contributed by atoms with Crippen molar-refractivity contribution in [3.8, 4) is 10.6 Å². The summed E-state index contributed by atoms with van der Waals surface area (Å²) in [4.78, 5) is 19.6. The van der Waals surface area contributed by atoms with Gasteiger partial charge in [-0.1, -0.05) is 12.1 Å². The van der Waals surface area contributed by atoms with Crippen LogP contribution in [0, 0.1) is 6.92 Å². The Hall–Kier alpha value is -1.93. The van der Waals surface area contributed by atoms with Gasteiger partial charge in [-0.2, -0.15) is 13.2 Å². The van der Waals surface area contributed by atoms with Crippen LogP contribution in [-0.4, -0.2) is 42.0 Å². The van der Waals surface area contributed by atoms with Gasteiger partial charge in [-0.25, -0.2) is 4.98 Å². The van der Waals surface area contributed by atoms with Crippen LogP contribution in [0.25, 0.3) is 10.6 Å². The van der Waals surface area contributed by atoms with E-state index in [0.717, 1.165) is 31.5 Å². The smallest absolute Gasteiger partial charge is 0.351 e. The molecule has 0 bridgehead atoms. The number of benzene rings is 1. The number of nitrogens with one attached hydrogen (secondary N) is 1. The molecule has 1 aromatic carbocycles. The number of halogens is 3. The van der Waals surface area contributed by atoms with E-state index in [1.807, 2.05) is 0 Å². The molecule has 146 valence electrons. The third-order valence-electron chi connectivity index (χ3n) is 4.90. The van der Waals surface area contributed by atoms with Gasteiger partial charge in [0.25, 0.3) is 5.91 Å². The number of aryl methyl sites for hydroxylation is 1. The van der Waals surface area contributed by atoms with Crippen molar-refractivity contribution < 1.29 is 18.0 Å². The van der Waals surface area contributed by atoms with Gasteiger partial charge in [-0.3, -0.25) is 4.79 Å². The first-order valence-corrected chi connectivity index (χ1v) is 9.71. The molecule has 1 atom stereocenters. The van der Waals surface area contributed by atoms with Crippen LogP contribution in [0.15, 0.2) is 24.3 Å². The number of likely N-dealkylation sites (tertiary alicyclic amines) is 1. The van der Waals surface area contributed by atoms with Crippen molar-refractivity contribution in [1.82, 2.24) is 15.2 Å². The molecule has 3 rings (SSSR count). The topological polar surface area (TPSA) is 45.2 Å². The summed E-state index contributed by atoms with van der Waals surface area (Å²) >= 11 is 1.20. The van der Waals surface area contributed by atoms with Crippen molar-refractivity contribution >= 4 is 17.2 Å². The number of rotatable bonds is 5. The highest BCUT2D eigenvalue weighted by Crippen LogP contribution is 2.33. The maximum Gasteiger partial charge on any atom is 0.416 e. The Morgan fingerprint density at radius 3 is 2.63 bits per heavy atom. The van der Waals surface area contributed by atoms with Crippen molar-refractivity contribution in [3.05, 3.63) is 40.4 Å². The number of hydrogen-bond acceptors (Lipinski definition) is 4. The minimum absolute atomic E-state index is 0.177. The number of carbonyl (C=O) groups is 1. The maximum absolute atomic E-state index is 12.7. The summed E-state index contributed by atoms with van der Waals surface area (Å²) in [5, 5.41) is 3.48. The maximum atomic E-state index is 12.7. The van der Waals surface area contributed by atoms with E-state index in [0.29, 0.717) is 33.7 Å². The van der Waals surface area contributed by atoms with E-state index in [1.165, 1.54) is 29.9 Å². The lowest BCUT2D eigenvalue weighted by molar-refractivity contribution is -0.137. The zero-order valence-electron chi connectivity index (χ0n) is 15.3. The highest BCUT2D eigenvalue weighted by molar-refractivity contribution is 7.17. The highest BCUT2D eigenvalue weighted by atomic mass is 32.1. The first-order chi connectivity index (χ1) is 12.8. The van der Waals surface area contributed by atoms with Gasteiger partial charge in [-0.05, 0) is 51.9 Å². The first kappa shape index (κ1) is 19.8. The Labute approximate surface area is 160 Å². The molecule has 2 aromatic rings. The Balaban J connectivity index is 1.64. The monoisotopic (exact) mass is 397 g/mol. The average Bonchev–Trinajstić information content (AvgIpc) is 3.20. The summed E-state index contributed by atoms with van der Waals surface area (Å²) in [7, 11) is 2.10. The standard InChI is InChI=1S/C19H22F3N3OS/c1-12-16(17(26)23-10-9-15-4-3-11-25(15)2)27-18(24-12)13-5-7-14(8-6-13)19(20,21)22/h5-8,15H,3-4,9-11H2,1-2H3,(H,23,26). The molecule has 1 fully saturated rings. The van der Waals surface area contributed by atoms with E-state index >= 15 is 0 Å². The van der Waals surface area contributed by atoms with Crippen molar-refractivity contribution in [2.24, 2.45) is 0 Å². The van der Waals surface area contributed by atoms with Crippen LogP contribution < -0.4 is 5.32 Å². The number of carbonyl (C=O) groups excluding carboxylic acids is 1. The molecule has 1 aliphatic heterocycles. The van der Waals surface area contributed by atoms with Crippen LogP contribution in [0.3, 0.4) is 0 Å². The molecule has 8 heteroatoms. The molecule has 0 aliphatic carbocycles. The molecule has 1 amide bonds. The molecule has 1 unspecified atom stereocenters. The van der Waals surface area contributed by atoms with Crippen LogP contribution in [0.2, 0.25) is 0 Å². The predicted octanol–water partition coefficient (Wildman–Crippen LogP) is 4.35. The van der Waals surface area contributed by atoms with Gasteiger partial charge in [0.1, 0.15) is 9.88 Å². The molecule has 4 nitrogen and oxygen atoms in total. The second kappa shape index (κ2) is 7.98. The molecule has 1 N–H and O–H groups in total. The van der Waals surface area contributed by atoms with Crippen molar-refractivity contribution in [3.63, 3.8) is 0 Å². The zero-order chi connectivity index (χ0) is 19.6. The van der Waals surface area contributed by atoms with Gasteiger partial charge in [0.05, 0.1) is 11.3 Å². The van der Waals surface area contributed by atoms with Crippen molar-refractivity contribution in [2.75, 3.05) is 20.1 Å². The van der Waals surface area contributed by atoms with E-state index in [-0.39, 0.29) is 5.91 Å². The predicted molar refractivity (Wildman–Crippen MR) is 99.9 cm³/mol. The Morgan fingerprint density at radius 1 is 1.33 bits per heavy atom. The number of hydrogen-bond donors (Lipinski definition) is 1. The molecule has 27 heavy (non-hydrogen) atoms. The van der Waals surface area contributed by atoms with Gasteiger partial charge in [0.2, 0.25) is 0 Å². The minimum atomic E-state index is -4.37. The SMILES string of the molecule is Cc1nc(-c2ccc(C(F)(F)F)cc2)sc1C(=O)NCCC1CCCN1C. The van der Waals surface area contributed by atoms with Gasteiger partial charge in [-0.15, -0.1) is 11.3 Å². The largest absolute Gasteiger partial charge is 0.416 e. The molecule has 1 aromatic heterocycles. The molecule has 0 radical (unpaired) electrons. The van der Waals surface area contributed by atoms with Gasteiger partial charge in [0.15, 0.2) is 0 Å². The van der Waals surface area contributed by atoms with E-state index in [9.17, 15) is 18.0 Å². The number of alkyl halides is 3. The lowest BCUT2D eigenvalue weighted by Crippen LogP contribution is -2.31. The van der Waals surface area contributed by atoms with Gasteiger partial charge < -0.3 is 10.2 Å². The van der Waals surface area contributed by atoms with Crippen LogP contribution in [0.4, 0.5) is 13.2 Å². The number of aromatic nitrogens is 1. The summed E-state index contributed by atoms with van der Waals surface area (Å²) in [6.45, 7) is 3.44. The third-order valence-corrected chi connectivity index (χ3v) is 6.10. The summed E-state index contributed by atoms with van der Waals surface area (Å²) in [6, 6.07) is 5.35. The molecule has 0 saturated carbocycles. The zero-order valence-corrected chi connectivity index (χ0v) is 16.1. The van der Waals surface area contributed by atoms with Crippen molar-refractivity contribution in [2.45, 2.75) is 38.4 Å². The second-order valence-corrected chi connectivity index (χ2v) is 7.83. The van der Waals surface area contributed by atoms with E-state index in [4.69, 9.17) is 0 Å². The Bertz CT molecular complexity index is 802. The summed E-state index contributed by atoms with van der Waals surface area (Å²) in [6.07, 6.45) is -1.11. The number of nitrogens with zero attached hydrogens (tertiary/aromatic N) is 2. The number of amides is 1. The summed E-state index contributed by atoms with van der Waals surface area (Å²) in [5.74, 6) is -0.177. The Kier molecular flexibility index (Phi) is 5.86. The van der Waals surface area contributed by atoms with Crippen LogP contribution in [-0.2, 0) is 6.18 Å². The van der Waals surface area contributed by atoms with Crippen LogP contribution in [0.5, 0.6) is 0 Å². The van der Waals surface area contributed by atoms with E-state index in [2.05, 4.69) is 22.2 Å². The molecule has 1 saturated heterocycles. The molecular weight excluding hydrogens is 375 g/mol. The molecule has 2 heterocycles. The fourth-order valence-electron chi connectivity index (χ4n) is 3.31. The fourth-order valence-corrected chi connectivity index (χ4v) is 4.30. The minimum Gasteiger partial charge on any atom is -0.351 e. The van der Waals surface area contributed by atoms with Crippen molar-refractivity contribution in [1.29, 1.82) is 0 Å². The first-order valence-electron chi connectivity index (χ1n) is 8.89.